The van der Waals surface area contributed by atoms with E-state index in [0.717, 1.165) is 10.8 Å². The lowest BCUT2D eigenvalue weighted by atomic mass is 9.76. The van der Waals surface area contributed by atoms with Gasteiger partial charge in [-0.15, -0.1) is 0 Å². The third-order valence-corrected chi connectivity index (χ3v) is 3.40. The molecule has 0 radical (unpaired) electrons. The Balaban J connectivity index is 2.09. The van der Waals surface area contributed by atoms with E-state index in [9.17, 15) is 0 Å². The molecule has 0 amide bonds. The van der Waals surface area contributed by atoms with Crippen molar-refractivity contribution >= 4 is 23.4 Å². The summed E-state index contributed by atoms with van der Waals surface area (Å²) in [7, 11) is -0.362. The maximum absolute atomic E-state index is 5.93. The van der Waals surface area contributed by atoms with Crippen LogP contribution in [0.4, 0.5) is 0 Å². The molecule has 18 heavy (non-hydrogen) atoms. The molecular weight excluding hydrogens is 223 g/mol. The van der Waals surface area contributed by atoms with Gasteiger partial charge in [0.25, 0.3) is 0 Å². The summed E-state index contributed by atoms with van der Waals surface area (Å²) in [6.45, 7) is 7.86. The Bertz CT molecular complexity index is 613. The maximum atomic E-state index is 5.93. The van der Waals surface area contributed by atoms with Gasteiger partial charge in [0, 0.05) is 5.46 Å². The molecule has 0 aromatic heterocycles. The van der Waals surface area contributed by atoms with E-state index in [4.69, 9.17) is 9.31 Å². The first-order valence-corrected chi connectivity index (χ1v) is 6.09. The van der Waals surface area contributed by atoms with Gasteiger partial charge in [0.2, 0.25) is 0 Å². The van der Waals surface area contributed by atoms with Crippen LogP contribution in [-0.4, -0.2) is 12.7 Å². The minimum absolute atomic E-state index is 0.362. The second kappa shape index (κ2) is 3.89. The summed E-state index contributed by atoms with van der Waals surface area (Å²) in [6, 6.07) is 14.4. The topological polar surface area (TPSA) is 18.5 Å². The molecule has 3 rings (SSSR count). The van der Waals surface area contributed by atoms with Gasteiger partial charge in [-0.05, 0) is 24.6 Å². The van der Waals surface area contributed by atoms with Gasteiger partial charge in [-0.2, -0.15) is 0 Å². The Morgan fingerprint density at radius 3 is 2.50 bits per heavy atom. The molecular formula is C15H15BO2. The van der Waals surface area contributed by atoms with Crippen molar-refractivity contribution in [2.75, 3.05) is 0 Å². The van der Waals surface area contributed by atoms with E-state index in [2.05, 4.69) is 24.8 Å². The molecule has 0 spiro atoms. The third-order valence-electron chi connectivity index (χ3n) is 3.40. The summed E-state index contributed by atoms with van der Waals surface area (Å²) in [5.74, 6) is 0.681. The fourth-order valence-corrected chi connectivity index (χ4v) is 2.21. The first-order valence-electron chi connectivity index (χ1n) is 6.09. The zero-order valence-electron chi connectivity index (χ0n) is 10.6. The van der Waals surface area contributed by atoms with Crippen LogP contribution in [0, 0.1) is 0 Å². The highest BCUT2D eigenvalue weighted by Crippen LogP contribution is 2.30. The van der Waals surface area contributed by atoms with Crippen molar-refractivity contribution < 1.29 is 9.31 Å². The lowest BCUT2D eigenvalue weighted by Gasteiger charge is -2.15. The molecule has 0 saturated carbocycles. The Morgan fingerprint density at radius 1 is 1.06 bits per heavy atom. The molecule has 2 nitrogen and oxygen atoms in total. The summed E-state index contributed by atoms with van der Waals surface area (Å²) in [5, 5.41) is 2.35. The molecule has 1 heterocycles. The number of benzene rings is 2. The van der Waals surface area contributed by atoms with Gasteiger partial charge < -0.3 is 9.31 Å². The lowest BCUT2D eigenvalue weighted by molar-refractivity contribution is 0.173. The Morgan fingerprint density at radius 2 is 1.78 bits per heavy atom. The maximum Gasteiger partial charge on any atom is 0.563 e. The zero-order valence-corrected chi connectivity index (χ0v) is 10.6. The van der Waals surface area contributed by atoms with Crippen molar-refractivity contribution in [3.63, 3.8) is 0 Å². The lowest BCUT2D eigenvalue weighted by Crippen LogP contribution is -2.34. The second-order valence-corrected chi connectivity index (χ2v) is 5.07. The molecule has 0 bridgehead atoms. The Kier molecular flexibility index (Phi) is 2.45. The standard InChI is InChI=1S/C15H15BO2/c1-11-15(2,3)18-16(17-11)14-10-6-8-12-7-4-5-9-13(12)14/h4-10H,1H2,2-3H3. The molecule has 0 unspecified atom stereocenters. The highest BCUT2D eigenvalue weighted by Gasteiger charge is 2.43. The van der Waals surface area contributed by atoms with Gasteiger partial charge in [-0.25, -0.2) is 0 Å². The largest absolute Gasteiger partial charge is 0.563 e. The molecule has 2 aromatic rings. The zero-order chi connectivity index (χ0) is 12.8. The monoisotopic (exact) mass is 238 g/mol. The predicted octanol–water partition coefficient (Wildman–Crippen LogP) is 2.87. The van der Waals surface area contributed by atoms with E-state index in [1.54, 1.807) is 0 Å². The molecule has 1 aliphatic rings. The fourth-order valence-electron chi connectivity index (χ4n) is 2.21. The van der Waals surface area contributed by atoms with E-state index in [0.29, 0.717) is 5.76 Å². The minimum Gasteiger partial charge on any atom is -0.534 e. The van der Waals surface area contributed by atoms with Crippen molar-refractivity contribution in [1.82, 2.24) is 0 Å². The highest BCUT2D eigenvalue weighted by molar-refractivity contribution is 6.65. The number of fused-ring (bicyclic) bond motifs is 1. The average molecular weight is 238 g/mol. The van der Waals surface area contributed by atoms with Gasteiger partial charge in [0.05, 0.1) is 5.76 Å². The van der Waals surface area contributed by atoms with Gasteiger partial charge in [-0.3, -0.25) is 0 Å². The quantitative estimate of drug-likeness (QED) is 0.711. The van der Waals surface area contributed by atoms with Crippen molar-refractivity contribution in [2.45, 2.75) is 19.4 Å². The van der Waals surface area contributed by atoms with E-state index in [-0.39, 0.29) is 7.12 Å². The van der Waals surface area contributed by atoms with Crippen LogP contribution in [0.1, 0.15) is 13.8 Å². The highest BCUT2D eigenvalue weighted by atomic mass is 16.7. The molecule has 1 saturated heterocycles. The van der Waals surface area contributed by atoms with E-state index in [1.165, 1.54) is 5.39 Å². The molecule has 3 heteroatoms. The van der Waals surface area contributed by atoms with Crippen LogP contribution in [0.2, 0.25) is 0 Å². The van der Waals surface area contributed by atoms with Gasteiger partial charge in [0.1, 0.15) is 5.60 Å². The first kappa shape index (κ1) is 11.4. The van der Waals surface area contributed by atoms with Crippen LogP contribution >= 0.6 is 0 Å². The van der Waals surface area contributed by atoms with E-state index < -0.39 is 5.60 Å². The predicted molar refractivity (Wildman–Crippen MR) is 74.7 cm³/mol. The summed E-state index contributed by atoms with van der Waals surface area (Å²) in [6.07, 6.45) is 0. The molecule has 0 atom stereocenters. The van der Waals surface area contributed by atoms with Crippen molar-refractivity contribution in [3.8, 4) is 0 Å². The van der Waals surface area contributed by atoms with Gasteiger partial charge in [-0.1, -0.05) is 49.0 Å². The van der Waals surface area contributed by atoms with E-state index >= 15 is 0 Å². The summed E-state index contributed by atoms with van der Waals surface area (Å²) < 4.78 is 11.7. The first-order chi connectivity index (χ1) is 8.58. The minimum atomic E-state index is -0.429. The number of rotatable bonds is 1. The Labute approximate surface area is 107 Å². The van der Waals surface area contributed by atoms with E-state index in [1.807, 2.05) is 38.1 Å². The molecule has 0 N–H and O–H groups in total. The van der Waals surface area contributed by atoms with Gasteiger partial charge >= 0.3 is 7.12 Å². The van der Waals surface area contributed by atoms with Crippen molar-refractivity contribution in [2.24, 2.45) is 0 Å². The Hall–Kier alpha value is -1.74. The van der Waals surface area contributed by atoms with Crippen LogP contribution in [-0.2, 0) is 9.31 Å². The molecule has 2 aromatic carbocycles. The SMILES string of the molecule is C=C1OB(c2cccc3ccccc23)OC1(C)C. The normalized spacial score (nSPS) is 18.1. The molecule has 1 aliphatic heterocycles. The van der Waals surface area contributed by atoms with Crippen LogP contribution in [0.3, 0.4) is 0 Å². The van der Waals surface area contributed by atoms with Crippen LogP contribution in [0.25, 0.3) is 10.8 Å². The van der Waals surface area contributed by atoms with Crippen LogP contribution in [0.15, 0.2) is 54.8 Å². The number of hydrogen-bond acceptors (Lipinski definition) is 2. The summed E-state index contributed by atoms with van der Waals surface area (Å²) >= 11 is 0. The molecule has 0 aliphatic carbocycles. The van der Waals surface area contributed by atoms with Crippen molar-refractivity contribution in [1.29, 1.82) is 0 Å². The summed E-state index contributed by atoms with van der Waals surface area (Å²) in [4.78, 5) is 0. The summed E-state index contributed by atoms with van der Waals surface area (Å²) in [5.41, 5.74) is 0.626. The molecule has 90 valence electrons. The van der Waals surface area contributed by atoms with Crippen LogP contribution < -0.4 is 5.46 Å². The molecule has 1 fully saturated rings. The van der Waals surface area contributed by atoms with Crippen molar-refractivity contribution in [3.05, 3.63) is 54.8 Å². The third kappa shape index (κ3) is 1.71. The average Bonchev–Trinajstić information content (AvgIpc) is 2.63. The van der Waals surface area contributed by atoms with Crippen LogP contribution in [0.5, 0.6) is 0 Å². The van der Waals surface area contributed by atoms with Gasteiger partial charge in [0.15, 0.2) is 0 Å². The smallest absolute Gasteiger partial charge is 0.534 e. The number of hydrogen-bond donors (Lipinski definition) is 0. The second-order valence-electron chi connectivity index (χ2n) is 5.07. The fraction of sp³-hybridized carbons (Fsp3) is 0.200.